The summed E-state index contributed by atoms with van der Waals surface area (Å²) in [7, 11) is 0. The first-order chi connectivity index (χ1) is 11.1. The molecule has 0 fully saturated rings. The summed E-state index contributed by atoms with van der Waals surface area (Å²) in [5.74, 6) is -0.789. The van der Waals surface area contributed by atoms with Crippen molar-refractivity contribution >= 4 is 22.7 Å². The molecule has 1 amide bonds. The van der Waals surface area contributed by atoms with E-state index in [4.69, 9.17) is 4.42 Å². The minimum Gasteiger partial charge on any atom is -0.408 e. The predicted octanol–water partition coefficient (Wildman–Crippen LogP) is 3.36. The van der Waals surface area contributed by atoms with Gasteiger partial charge in [-0.2, -0.15) is 0 Å². The highest BCUT2D eigenvalue weighted by atomic mass is 16.4. The average molecular weight is 310 g/mol. The molecule has 118 valence electrons. The predicted molar refractivity (Wildman–Crippen MR) is 89.6 cm³/mol. The van der Waals surface area contributed by atoms with Gasteiger partial charge in [-0.15, -0.1) is 0 Å². The monoisotopic (exact) mass is 310 g/mol. The van der Waals surface area contributed by atoms with Crippen LogP contribution in [0.25, 0.3) is 11.1 Å². The van der Waals surface area contributed by atoms with Crippen molar-refractivity contribution in [1.29, 1.82) is 0 Å². The Labute approximate surface area is 133 Å². The molecular weight excluding hydrogens is 292 g/mol. The minimum absolute atomic E-state index is 0.257. The van der Waals surface area contributed by atoms with E-state index >= 15 is 0 Å². The van der Waals surface area contributed by atoms with E-state index in [1.807, 2.05) is 30.3 Å². The van der Waals surface area contributed by atoms with Gasteiger partial charge >= 0.3 is 5.76 Å². The van der Waals surface area contributed by atoms with Gasteiger partial charge in [-0.25, -0.2) is 4.79 Å². The van der Waals surface area contributed by atoms with Crippen molar-refractivity contribution < 1.29 is 9.21 Å². The van der Waals surface area contributed by atoms with E-state index in [1.54, 1.807) is 25.1 Å². The largest absolute Gasteiger partial charge is 0.420 e. The molecule has 2 aromatic carbocycles. The van der Waals surface area contributed by atoms with Crippen LogP contribution in [-0.2, 0) is 11.2 Å². The maximum Gasteiger partial charge on any atom is 0.420 e. The summed E-state index contributed by atoms with van der Waals surface area (Å²) >= 11 is 0. The summed E-state index contributed by atoms with van der Waals surface area (Å²) in [6, 6.07) is 14.1. The van der Waals surface area contributed by atoms with E-state index in [2.05, 4.69) is 12.2 Å². The summed E-state index contributed by atoms with van der Waals surface area (Å²) in [6.45, 7) is 3.74. The number of carbonyl (C=O) groups excluding carboxylic acids is 1. The molecule has 0 bridgehead atoms. The molecule has 0 radical (unpaired) electrons. The number of para-hydroxylation sites is 2. The number of oxazole rings is 1. The number of rotatable bonds is 4. The van der Waals surface area contributed by atoms with Crippen molar-refractivity contribution in [2.45, 2.75) is 26.3 Å². The van der Waals surface area contributed by atoms with Crippen molar-refractivity contribution in [2.75, 3.05) is 5.32 Å². The second-order valence-electron chi connectivity index (χ2n) is 5.42. The van der Waals surface area contributed by atoms with Gasteiger partial charge in [0.05, 0.1) is 5.52 Å². The Morgan fingerprint density at radius 3 is 2.78 bits per heavy atom. The number of anilines is 1. The SMILES string of the molecule is CCc1cccc(NC(=O)C(C)n2c(=O)oc3ccccc32)c1. The van der Waals surface area contributed by atoms with Crippen LogP contribution in [0.15, 0.2) is 57.7 Å². The first-order valence-corrected chi connectivity index (χ1v) is 7.60. The van der Waals surface area contributed by atoms with Crippen LogP contribution in [0.4, 0.5) is 5.69 Å². The number of nitrogens with zero attached hydrogens (tertiary/aromatic N) is 1. The Morgan fingerprint density at radius 2 is 2.00 bits per heavy atom. The third kappa shape index (κ3) is 2.90. The molecule has 5 nitrogen and oxygen atoms in total. The lowest BCUT2D eigenvalue weighted by Crippen LogP contribution is -2.29. The lowest BCUT2D eigenvalue weighted by atomic mass is 10.1. The van der Waals surface area contributed by atoms with Crippen molar-refractivity contribution in [3.05, 3.63) is 64.6 Å². The summed E-state index contributed by atoms with van der Waals surface area (Å²) in [5, 5.41) is 2.86. The number of carbonyl (C=O) groups is 1. The first-order valence-electron chi connectivity index (χ1n) is 7.60. The molecule has 1 heterocycles. The third-order valence-electron chi connectivity index (χ3n) is 3.89. The first kappa shape index (κ1) is 15.1. The third-order valence-corrected chi connectivity index (χ3v) is 3.89. The molecule has 0 spiro atoms. The number of benzene rings is 2. The maximum absolute atomic E-state index is 12.5. The van der Waals surface area contributed by atoms with Gasteiger partial charge in [-0.1, -0.05) is 31.2 Å². The van der Waals surface area contributed by atoms with Crippen LogP contribution >= 0.6 is 0 Å². The maximum atomic E-state index is 12.5. The average Bonchev–Trinajstić information content (AvgIpc) is 2.90. The van der Waals surface area contributed by atoms with E-state index in [0.29, 0.717) is 11.1 Å². The lowest BCUT2D eigenvalue weighted by molar-refractivity contribution is -0.118. The van der Waals surface area contributed by atoms with Gasteiger partial charge in [0, 0.05) is 5.69 Å². The fourth-order valence-corrected chi connectivity index (χ4v) is 2.58. The molecule has 5 heteroatoms. The Bertz CT molecular complexity index is 908. The Hall–Kier alpha value is -2.82. The molecule has 1 unspecified atom stereocenters. The van der Waals surface area contributed by atoms with E-state index in [0.717, 1.165) is 17.7 Å². The van der Waals surface area contributed by atoms with Crippen molar-refractivity contribution in [3.63, 3.8) is 0 Å². The highest BCUT2D eigenvalue weighted by molar-refractivity contribution is 5.94. The zero-order chi connectivity index (χ0) is 16.4. The van der Waals surface area contributed by atoms with E-state index in [-0.39, 0.29) is 5.91 Å². The summed E-state index contributed by atoms with van der Waals surface area (Å²) in [5.41, 5.74) is 2.95. The van der Waals surface area contributed by atoms with E-state index < -0.39 is 11.8 Å². The zero-order valence-corrected chi connectivity index (χ0v) is 13.1. The van der Waals surface area contributed by atoms with Crippen molar-refractivity contribution in [2.24, 2.45) is 0 Å². The number of aryl methyl sites for hydroxylation is 1. The van der Waals surface area contributed by atoms with Gasteiger partial charge in [-0.05, 0) is 43.2 Å². The summed E-state index contributed by atoms with van der Waals surface area (Å²) in [6.07, 6.45) is 0.894. The molecule has 0 aliphatic rings. The molecule has 0 aliphatic carbocycles. The molecular formula is C18H18N2O3. The smallest absolute Gasteiger partial charge is 0.408 e. The summed E-state index contributed by atoms with van der Waals surface area (Å²) < 4.78 is 6.55. The lowest BCUT2D eigenvalue weighted by Gasteiger charge is -2.13. The molecule has 0 saturated carbocycles. The van der Waals surface area contributed by atoms with Crippen LogP contribution in [0.5, 0.6) is 0 Å². The molecule has 3 aromatic rings. The van der Waals surface area contributed by atoms with Gasteiger partial charge in [0.2, 0.25) is 5.91 Å². The number of fused-ring (bicyclic) bond motifs is 1. The van der Waals surface area contributed by atoms with Crippen molar-refractivity contribution in [1.82, 2.24) is 4.57 Å². The zero-order valence-electron chi connectivity index (χ0n) is 13.1. The Balaban J connectivity index is 1.89. The standard InChI is InChI=1S/C18H18N2O3/c1-3-13-7-6-8-14(11-13)19-17(21)12(2)20-15-9-4-5-10-16(15)23-18(20)22/h4-12H,3H2,1-2H3,(H,19,21). The Kier molecular flexibility index (Phi) is 4.02. The highest BCUT2D eigenvalue weighted by Gasteiger charge is 2.21. The van der Waals surface area contributed by atoms with Crippen LogP contribution in [0.2, 0.25) is 0 Å². The van der Waals surface area contributed by atoms with Crippen molar-refractivity contribution in [3.8, 4) is 0 Å². The second-order valence-corrected chi connectivity index (χ2v) is 5.42. The fraction of sp³-hybridized carbons (Fsp3) is 0.222. The number of amides is 1. The molecule has 1 atom stereocenters. The van der Waals surface area contributed by atoms with Crippen LogP contribution in [-0.4, -0.2) is 10.5 Å². The van der Waals surface area contributed by atoms with Gasteiger partial charge in [0.25, 0.3) is 0 Å². The van der Waals surface area contributed by atoms with E-state index in [1.165, 1.54) is 4.57 Å². The number of aromatic nitrogens is 1. The van der Waals surface area contributed by atoms with Crippen LogP contribution in [0, 0.1) is 0 Å². The molecule has 23 heavy (non-hydrogen) atoms. The topological polar surface area (TPSA) is 64.2 Å². The van der Waals surface area contributed by atoms with E-state index in [9.17, 15) is 9.59 Å². The number of nitrogens with one attached hydrogen (secondary N) is 1. The molecule has 0 saturated heterocycles. The summed E-state index contributed by atoms with van der Waals surface area (Å²) in [4.78, 5) is 24.5. The Morgan fingerprint density at radius 1 is 1.22 bits per heavy atom. The quantitative estimate of drug-likeness (QED) is 0.803. The van der Waals surface area contributed by atoms with Crippen LogP contribution in [0.1, 0.15) is 25.5 Å². The fourth-order valence-electron chi connectivity index (χ4n) is 2.58. The number of hydrogen-bond acceptors (Lipinski definition) is 3. The number of hydrogen-bond donors (Lipinski definition) is 1. The molecule has 0 aliphatic heterocycles. The molecule has 1 N–H and O–H groups in total. The highest BCUT2D eigenvalue weighted by Crippen LogP contribution is 2.18. The van der Waals surface area contributed by atoms with Crippen LogP contribution < -0.4 is 11.1 Å². The minimum atomic E-state index is -0.670. The normalized spacial score (nSPS) is 12.3. The van der Waals surface area contributed by atoms with Gasteiger partial charge in [0.15, 0.2) is 5.58 Å². The van der Waals surface area contributed by atoms with Gasteiger partial charge < -0.3 is 9.73 Å². The van der Waals surface area contributed by atoms with Gasteiger partial charge in [0.1, 0.15) is 6.04 Å². The van der Waals surface area contributed by atoms with Crippen LogP contribution in [0.3, 0.4) is 0 Å². The second kappa shape index (κ2) is 6.12. The molecule has 1 aromatic heterocycles. The van der Waals surface area contributed by atoms with Gasteiger partial charge in [-0.3, -0.25) is 9.36 Å². The molecule has 3 rings (SSSR count).